The second-order valence-corrected chi connectivity index (χ2v) is 8.05. The number of aromatic nitrogens is 4. The van der Waals surface area contributed by atoms with Gasteiger partial charge in [0.1, 0.15) is 11.6 Å². The van der Waals surface area contributed by atoms with Crippen LogP contribution in [0, 0.1) is 6.92 Å². The maximum Gasteiger partial charge on any atom is 0.191 e. The summed E-state index contributed by atoms with van der Waals surface area (Å²) in [6.07, 6.45) is 8.67. The minimum Gasteiger partial charge on any atom is -0.361 e. The molecular weight excluding hydrogens is 501 g/mol. The number of fused-ring (bicyclic) bond motifs is 2. The Hall–Kier alpha value is -2.10. The van der Waals surface area contributed by atoms with E-state index >= 15 is 0 Å². The van der Waals surface area contributed by atoms with Crippen molar-refractivity contribution in [1.82, 2.24) is 30.4 Å². The summed E-state index contributed by atoms with van der Waals surface area (Å²) < 4.78 is 2.31. The molecule has 168 valence electrons. The van der Waals surface area contributed by atoms with Gasteiger partial charge in [-0.2, -0.15) is 0 Å². The Kier molecular flexibility index (Phi) is 8.74. The molecule has 3 aromatic rings. The number of H-pyrrole nitrogens is 1. The van der Waals surface area contributed by atoms with Gasteiger partial charge in [-0.25, -0.2) is 0 Å². The Morgan fingerprint density at radius 1 is 1.16 bits per heavy atom. The Morgan fingerprint density at radius 3 is 2.94 bits per heavy atom. The molecule has 0 amide bonds. The number of aryl methyl sites for hydroxylation is 2. The summed E-state index contributed by atoms with van der Waals surface area (Å²) in [5.41, 5.74) is 3.82. The van der Waals surface area contributed by atoms with Gasteiger partial charge in [0, 0.05) is 56.1 Å². The lowest BCUT2D eigenvalue weighted by Crippen LogP contribution is -2.38. The smallest absolute Gasteiger partial charge is 0.191 e. The van der Waals surface area contributed by atoms with Crippen LogP contribution in [0.1, 0.15) is 49.0 Å². The molecule has 4 rings (SSSR count). The van der Waals surface area contributed by atoms with Gasteiger partial charge in [-0.05, 0) is 50.3 Å². The molecule has 0 fully saturated rings. The van der Waals surface area contributed by atoms with Crippen LogP contribution >= 0.6 is 24.0 Å². The van der Waals surface area contributed by atoms with Gasteiger partial charge < -0.3 is 20.2 Å². The molecule has 1 aliphatic heterocycles. The first-order chi connectivity index (χ1) is 14.7. The average molecular weight is 535 g/mol. The van der Waals surface area contributed by atoms with Crippen molar-refractivity contribution in [3.05, 3.63) is 47.2 Å². The molecule has 7 nitrogen and oxygen atoms in total. The topological polar surface area (TPSA) is 82.9 Å². The minimum atomic E-state index is 0. The van der Waals surface area contributed by atoms with Crippen LogP contribution < -0.4 is 10.6 Å². The lowest BCUT2D eigenvalue weighted by Gasteiger charge is -2.11. The molecule has 1 aliphatic rings. The second-order valence-electron chi connectivity index (χ2n) is 8.05. The van der Waals surface area contributed by atoms with Gasteiger partial charge in [0.25, 0.3) is 0 Å². The first-order valence-corrected chi connectivity index (χ1v) is 11.2. The van der Waals surface area contributed by atoms with E-state index in [0.717, 1.165) is 56.5 Å². The maximum absolute atomic E-state index is 4.76. The summed E-state index contributed by atoms with van der Waals surface area (Å²) in [4.78, 5) is 8.14. The van der Waals surface area contributed by atoms with Crippen molar-refractivity contribution in [3.63, 3.8) is 0 Å². The van der Waals surface area contributed by atoms with E-state index < -0.39 is 0 Å². The fraction of sp³-hybridized carbons (Fsp3) is 0.522. The number of nitrogens with one attached hydrogen (secondary N) is 3. The number of benzene rings is 1. The number of rotatable bonds is 7. The first-order valence-electron chi connectivity index (χ1n) is 11.2. The van der Waals surface area contributed by atoms with Gasteiger partial charge in [0.15, 0.2) is 5.96 Å². The van der Waals surface area contributed by atoms with Crippen molar-refractivity contribution in [2.45, 2.75) is 58.9 Å². The highest BCUT2D eigenvalue weighted by Gasteiger charge is 2.14. The summed E-state index contributed by atoms with van der Waals surface area (Å²) in [5, 5.41) is 16.9. The van der Waals surface area contributed by atoms with E-state index in [1.807, 2.05) is 0 Å². The maximum atomic E-state index is 4.76. The molecule has 3 heterocycles. The van der Waals surface area contributed by atoms with Crippen LogP contribution in [0.2, 0.25) is 0 Å². The highest BCUT2D eigenvalue weighted by molar-refractivity contribution is 14.0. The molecule has 1 aromatic carbocycles. The lowest BCUT2D eigenvalue weighted by atomic mass is 10.1. The molecule has 0 saturated heterocycles. The predicted octanol–water partition coefficient (Wildman–Crippen LogP) is 3.75. The van der Waals surface area contributed by atoms with E-state index in [2.05, 4.69) is 68.6 Å². The molecule has 31 heavy (non-hydrogen) atoms. The van der Waals surface area contributed by atoms with E-state index in [9.17, 15) is 0 Å². The van der Waals surface area contributed by atoms with Gasteiger partial charge in [0.2, 0.25) is 0 Å². The molecule has 0 aliphatic carbocycles. The number of halogens is 1. The van der Waals surface area contributed by atoms with Crippen molar-refractivity contribution in [2.24, 2.45) is 4.99 Å². The normalized spacial score (nSPS) is 14.1. The minimum absolute atomic E-state index is 0. The van der Waals surface area contributed by atoms with E-state index in [4.69, 9.17) is 4.99 Å². The molecule has 0 saturated carbocycles. The zero-order valence-corrected chi connectivity index (χ0v) is 20.9. The van der Waals surface area contributed by atoms with Crippen LogP contribution in [-0.2, 0) is 25.8 Å². The molecule has 0 unspecified atom stereocenters. The molecule has 8 heteroatoms. The molecule has 3 N–H and O–H groups in total. The fourth-order valence-corrected chi connectivity index (χ4v) is 4.16. The fourth-order valence-electron chi connectivity index (χ4n) is 4.16. The quantitative estimate of drug-likeness (QED) is 0.245. The van der Waals surface area contributed by atoms with Crippen LogP contribution in [0.4, 0.5) is 0 Å². The molecule has 0 bridgehead atoms. The average Bonchev–Trinajstić information content (AvgIpc) is 3.23. The van der Waals surface area contributed by atoms with Gasteiger partial charge >= 0.3 is 0 Å². The van der Waals surface area contributed by atoms with Crippen molar-refractivity contribution < 1.29 is 0 Å². The van der Waals surface area contributed by atoms with Crippen LogP contribution in [0.15, 0.2) is 29.4 Å². The van der Waals surface area contributed by atoms with E-state index in [1.165, 1.54) is 41.3 Å². The molecule has 0 radical (unpaired) electrons. The summed E-state index contributed by atoms with van der Waals surface area (Å²) >= 11 is 0. The lowest BCUT2D eigenvalue weighted by molar-refractivity contribution is 0.604. The summed E-state index contributed by atoms with van der Waals surface area (Å²) in [6.45, 7) is 7.66. The molecule has 2 aromatic heterocycles. The van der Waals surface area contributed by atoms with Crippen LogP contribution in [0.5, 0.6) is 0 Å². The Labute approximate surface area is 201 Å². The standard InChI is InChI=1S/C23H33N7.HI/c1-3-24-23(25-12-10-18-16-27-20-15-17(2)8-9-19(18)20)26-13-11-22-29-28-21-7-5-4-6-14-30(21)22;/h8-9,15-16,27H,3-7,10-14H2,1-2H3,(H2,24,25,26);1H. The van der Waals surface area contributed by atoms with Crippen molar-refractivity contribution in [2.75, 3.05) is 19.6 Å². The van der Waals surface area contributed by atoms with Crippen molar-refractivity contribution >= 4 is 40.8 Å². The highest BCUT2D eigenvalue weighted by Crippen LogP contribution is 2.19. The summed E-state index contributed by atoms with van der Waals surface area (Å²) in [5.74, 6) is 3.08. The highest BCUT2D eigenvalue weighted by atomic mass is 127. The number of guanidine groups is 1. The first kappa shape index (κ1) is 23.6. The Morgan fingerprint density at radius 2 is 2.06 bits per heavy atom. The monoisotopic (exact) mass is 535 g/mol. The predicted molar refractivity (Wildman–Crippen MR) is 137 cm³/mol. The van der Waals surface area contributed by atoms with E-state index in [0.29, 0.717) is 6.54 Å². The molecule has 0 atom stereocenters. The number of aromatic amines is 1. The summed E-state index contributed by atoms with van der Waals surface area (Å²) in [6, 6.07) is 6.57. The van der Waals surface area contributed by atoms with Gasteiger partial charge in [-0.1, -0.05) is 18.6 Å². The number of nitrogens with zero attached hydrogens (tertiary/aromatic N) is 4. The number of hydrogen-bond acceptors (Lipinski definition) is 3. The zero-order chi connectivity index (χ0) is 20.8. The number of hydrogen-bond donors (Lipinski definition) is 3. The zero-order valence-electron chi connectivity index (χ0n) is 18.6. The van der Waals surface area contributed by atoms with Crippen LogP contribution in [0.3, 0.4) is 0 Å². The molecule has 0 spiro atoms. The second kappa shape index (κ2) is 11.5. The third-order valence-electron chi connectivity index (χ3n) is 5.75. The summed E-state index contributed by atoms with van der Waals surface area (Å²) in [7, 11) is 0. The third kappa shape index (κ3) is 5.99. The SMILES string of the molecule is CCNC(=NCCc1nnc2n1CCCCC2)NCCc1c[nH]c2cc(C)ccc12.I. The van der Waals surface area contributed by atoms with Crippen molar-refractivity contribution in [1.29, 1.82) is 0 Å². The van der Waals surface area contributed by atoms with Gasteiger partial charge in [-0.15, -0.1) is 34.2 Å². The van der Waals surface area contributed by atoms with Crippen LogP contribution in [0.25, 0.3) is 10.9 Å². The largest absolute Gasteiger partial charge is 0.361 e. The Bertz CT molecular complexity index is 1000. The van der Waals surface area contributed by atoms with E-state index in [1.54, 1.807) is 0 Å². The Balaban J connectivity index is 0.00000272. The van der Waals surface area contributed by atoms with Gasteiger partial charge in [-0.3, -0.25) is 4.99 Å². The van der Waals surface area contributed by atoms with Gasteiger partial charge in [0.05, 0.1) is 0 Å². The van der Waals surface area contributed by atoms with Crippen LogP contribution in [-0.4, -0.2) is 45.3 Å². The third-order valence-corrected chi connectivity index (χ3v) is 5.75. The van der Waals surface area contributed by atoms with E-state index in [-0.39, 0.29) is 24.0 Å². The molecular formula is C23H34IN7. The number of aliphatic imine (C=N–C) groups is 1. The van der Waals surface area contributed by atoms with Crippen molar-refractivity contribution in [3.8, 4) is 0 Å².